The fourth-order valence-corrected chi connectivity index (χ4v) is 2.83. The van der Waals surface area contributed by atoms with Gasteiger partial charge < -0.3 is 14.2 Å². The molecule has 2 aromatic rings. The average Bonchev–Trinajstić information content (AvgIpc) is 2.68. The highest BCUT2D eigenvalue weighted by molar-refractivity contribution is 6.32. The van der Waals surface area contributed by atoms with Crippen molar-refractivity contribution < 1.29 is 41.9 Å². The second-order valence-corrected chi connectivity index (χ2v) is 7.39. The highest BCUT2D eigenvalue weighted by Gasteiger charge is 2.31. The van der Waals surface area contributed by atoms with Crippen LogP contribution in [-0.4, -0.2) is 29.6 Å². The number of nitro groups is 1. The molecule has 0 heterocycles. The van der Waals surface area contributed by atoms with Gasteiger partial charge in [-0.2, -0.15) is 13.2 Å². The van der Waals surface area contributed by atoms with Crippen molar-refractivity contribution in [1.29, 1.82) is 0 Å². The summed E-state index contributed by atoms with van der Waals surface area (Å²) in [7, 11) is 0. The Morgan fingerprint density at radius 2 is 1.82 bits per heavy atom. The molecule has 0 saturated carbocycles. The molecule has 0 atom stereocenters. The van der Waals surface area contributed by atoms with Gasteiger partial charge >= 0.3 is 18.1 Å². The summed E-state index contributed by atoms with van der Waals surface area (Å²) in [6.45, 7) is 3.06. The van der Waals surface area contributed by atoms with Gasteiger partial charge in [0.05, 0.1) is 34.5 Å². The van der Waals surface area contributed by atoms with Crippen LogP contribution in [0.15, 0.2) is 36.4 Å². The number of nitro benzene ring substituents is 1. The molecular formula is C21H19ClF3NO7. The van der Waals surface area contributed by atoms with E-state index in [1.54, 1.807) is 13.8 Å². The zero-order chi connectivity index (χ0) is 24.8. The summed E-state index contributed by atoms with van der Waals surface area (Å²) in [6, 6.07) is 5.94. The highest BCUT2D eigenvalue weighted by Crippen LogP contribution is 2.37. The number of carbonyl (C=O) groups is 2. The van der Waals surface area contributed by atoms with E-state index in [1.165, 1.54) is 12.1 Å². The Hall–Kier alpha value is -3.34. The normalized spacial score (nSPS) is 11.2. The molecule has 0 bridgehead atoms. The quantitative estimate of drug-likeness (QED) is 0.260. The van der Waals surface area contributed by atoms with E-state index in [0.717, 1.165) is 18.2 Å². The number of ether oxygens (including phenoxy) is 3. The standard InChI is InChI=1S/C21H19ClF3NO7/c1-12(2)32-19(27)7-8-31-20(28)10-13-9-15(4-5-17(13)26(29)30)33-18-6-3-14(11-16(18)22)21(23,24)25/h3-6,9,11-12H,7-8,10H2,1-2H3. The minimum absolute atomic E-state index is 0.00516. The van der Waals surface area contributed by atoms with E-state index in [4.69, 9.17) is 25.8 Å². The summed E-state index contributed by atoms with van der Waals surface area (Å²) in [4.78, 5) is 34.1. The number of hydrogen-bond donors (Lipinski definition) is 0. The van der Waals surface area contributed by atoms with Gasteiger partial charge in [0, 0.05) is 11.6 Å². The molecule has 8 nitrogen and oxygen atoms in total. The molecule has 33 heavy (non-hydrogen) atoms. The average molecular weight is 490 g/mol. The van der Waals surface area contributed by atoms with E-state index in [0.29, 0.717) is 6.07 Å². The first kappa shape index (κ1) is 25.9. The third kappa shape index (κ3) is 7.94. The monoisotopic (exact) mass is 489 g/mol. The molecule has 0 N–H and O–H groups in total. The lowest BCUT2D eigenvalue weighted by Crippen LogP contribution is -2.16. The van der Waals surface area contributed by atoms with Gasteiger partial charge in [-0.3, -0.25) is 19.7 Å². The van der Waals surface area contributed by atoms with Crippen LogP contribution in [0.2, 0.25) is 5.02 Å². The zero-order valence-electron chi connectivity index (χ0n) is 17.5. The van der Waals surface area contributed by atoms with E-state index in [2.05, 4.69) is 0 Å². The summed E-state index contributed by atoms with van der Waals surface area (Å²) < 4.78 is 53.6. The van der Waals surface area contributed by atoms with E-state index in [9.17, 15) is 32.9 Å². The van der Waals surface area contributed by atoms with Crippen LogP contribution >= 0.6 is 11.6 Å². The van der Waals surface area contributed by atoms with Crippen molar-refractivity contribution in [3.05, 3.63) is 62.7 Å². The molecule has 0 aliphatic heterocycles. The van der Waals surface area contributed by atoms with Crippen LogP contribution in [0, 0.1) is 10.1 Å². The molecule has 12 heteroatoms. The number of esters is 2. The van der Waals surface area contributed by atoms with E-state index >= 15 is 0 Å². The Balaban J connectivity index is 2.12. The Bertz CT molecular complexity index is 1040. The van der Waals surface area contributed by atoms with Crippen LogP contribution in [0.3, 0.4) is 0 Å². The SMILES string of the molecule is CC(C)OC(=O)CCOC(=O)Cc1cc(Oc2ccc(C(F)(F)F)cc2Cl)ccc1[N+](=O)[O-]. The Labute approximate surface area is 191 Å². The summed E-state index contributed by atoms with van der Waals surface area (Å²) in [5, 5.41) is 11.0. The molecule has 178 valence electrons. The summed E-state index contributed by atoms with van der Waals surface area (Å²) >= 11 is 5.86. The van der Waals surface area contributed by atoms with Gasteiger partial charge in [0.25, 0.3) is 5.69 Å². The van der Waals surface area contributed by atoms with E-state index < -0.39 is 40.7 Å². The molecule has 0 aromatic heterocycles. The molecule has 2 aromatic carbocycles. The van der Waals surface area contributed by atoms with Crippen molar-refractivity contribution >= 4 is 29.2 Å². The molecular weight excluding hydrogens is 471 g/mol. The van der Waals surface area contributed by atoms with Gasteiger partial charge in [-0.25, -0.2) is 0 Å². The number of nitrogens with zero attached hydrogens (tertiary/aromatic N) is 1. The van der Waals surface area contributed by atoms with Crippen LogP contribution in [0.1, 0.15) is 31.4 Å². The number of benzene rings is 2. The lowest BCUT2D eigenvalue weighted by molar-refractivity contribution is -0.385. The molecule has 0 aliphatic rings. The number of alkyl halides is 3. The number of halogens is 4. The smallest absolute Gasteiger partial charge is 0.416 e. The van der Waals surface area contributed by atoms with Crippen LogP contribution in [0.25, 0.3) is 0 Å². The van der Waals surface area contributed by atoms with Gasteiger partial charge in [-0.15, -0.1) is 0 Å². The van der Waals surface area contributed by atoms with Gasteiger partial charge in [-0.05, 0) is 44.2 Å². The fraction of sp³-hybridized carbons (Fsp3) is 0.333. The van der Waals surface area contributed by atoms with Crippen LogP contribution in [-0.2, 0) is 31.7 Å². The van der Waals surface area contributed by atoms with Crippen molar-refractivity contribution in [1.82, 2.24) is 0 Å². The predicted molar refractivity (Wildman–Crippen MR) is 110 cm³/mol. The molecule has 0 amide bonds. The van der Waals surface area contributed by atoms with E-state index in [1.807, 2.05) is 0 Å². The zero-order valence-corrected chi connectivity index (χ0v) is 18.2. The molecule has 0 fully saturated rings. The van der Waals surface area contributed by atoms with Gasteiger partial charge in [0.2, 0.25) is 0 Å². The minimum Gasteiger partial charge on any atom is -0.465 e. The van der Waals surface area contributed by atoms with Crippen LogP contribution < -0.4 is 4.74 Å². The molecule has 0 aliphatic carbocycles. The third-order valence-corrected chi connectivity index (χ3v) is 4.30. The lowest BCUT2D eigenvalue weighted by atomic mass is 10.1. The van der Waals surface area contributed by atoms with Crippen LogP contribution in [0.5, 0.6) is 11.5 Å². The van der Waals surface area contributed by atoms with Crippen molar-refractivity contribution in [3.63, 3.8) is 0 Å². The molecule has 2 rings (SSSR count). The largest absolute Gasteiger partial charge is 0.465 e. The molecule has 0 radical (unpaired) electrons. The molecule has 0 saturated heterocycles. The second kappa shape index (κ2) is 11.0. The summed E-state index contributed by atoms with van der Waals surface area (Å²) in [6.07, 6.45) is -5.60. The Morgan fingerprint density at radius 3 is 2.39 bits per heavy atom. The van der Waals surface area contributed by atoms with Crippen molar-refractivity contribution in [2.24, 2.45) is 0 Å². The maximum Gasteiger partial charge on any atom is 0.416 e. The van der Waals surface area contributed by atoms with Gasteiger partial charge in [0.15, 0.2) is 0 Å². The highest BCUT2D eigenvalue weighted by atomic mass is 35.5. The first-order chi connectivity index (χ1) is 15.4. The maximum absolute atomic E-state index is 12.8. The van der Waals surface area contributed by atoms with Crippen molar-refractivity contribution in [3.8, 4) is 11.5 Å². The number of hydrogen-bond acceptors (Lipinski definition) is 7. The second-order valence-electron chi connectivity index (χ2n) is 6.98. The van der Waals surface area contributed by atoms with Gasteiger partial charge in [0.1, 0.15) is 18.1 Å². The number of carbonyl (C=O) groups excluding carboxylic acids is 2. The summed E-state index contributed by atoms with van der Waals surface area (Å²) in [5.41, 5.74) is -1.42. The lowest BCUT2D eigenvalue weighted by Gasteiger charge is -2.12. The first-order valence-corrected chi connectivity index (χ1v) is 9.91. The van der Waals surface area contributed by atoms with Crippen molar-refractivity contribution in [2.45, 2.75) is 39.0 Å². The summed E-state index contributed by atoms with van der Waals surface area (Å²) in [5.74, 6) is -1.51. The fourth-order valence-electron chi connectivity index (χ4n) is 2.61. The maximum atomic E-state index is 12.8. The predicted octanol–water partition coefficient (Wildman–Crippen LogP) is 5.49. The topological polar surface area (TPSA) is 105 Å². The third-order valence-electron chi connectivity index (χ3n) is 4.01. The minimum atomic E-state index is -4.59. The molecule has 0 unspecified atom stereocenters. The van der Waals surface area contributed by atoms with Gasteiger partial charge in [-0.1, -0.05) is 11.6 Å². The Morgan fingerprint density at radius 1 is 1.12 bits per heavy atom. The first-order valence-electron chi connectivity index (χ1n) is 9.54. The van der Waals surface area contributed by atoms with Crippen LogP contribution in [0.4, 0.5) is 18.9 Å². The Kier molecular flexibility index (Phi) is 8.63. The van der Waals surface area contributed by atoms with Crippen molar-refractivity contribution in [2.75, 3.05) is 6.61 Å². The van der Waals surface area contributed by atoms with E-state index in [-0.39, 0.29) is 41.2 Å². The number of rotatable bonds is 9. The molecule has 0 spiro atoms.